The maximum absolute atomic E-state index is 12.3. The second kappa shape index (κ2) is 8.91. The number of nitrogens with one attached hydrogen (secondary N) is 2. The fourth-order valence-electron chi connectivity index (χ4n) is 2.48. The quantitative estimate of drug-likeness (QED) is 0.715. The molecule has 1 aliphatic heterocycles. The third kappa shape index (κ3) is 4.47. The van der Waals surface area contributed by atoms with Crippen LogP contribution in [0.15, 0.2) is 29.5 Å². The van der Waals surface area contributed by atoms with E-state index in [4.69, 9.17) is 32.7 Å². The molecule has 7 nitrogen and oxygen atoms in total. The lowest BCUT2D eigenvalue weighted by molar-refractivity contribution is -0.139. The summed E-state index contributed by atoms with van der Waals surface area (Å²) in [5, 5.41) is 5.41. The van der Waals surface area contributed by atoms with Crippen LogP contribution in [0.5, 0.6) is 0 Å². The molecule has 1 aliphatic rings. The van der Waals surface area contributed by atoms with Crippen molar-refractivity contribution in [1.82, 2.24) is 10.6 Å². The molecule has 1 atom stereocenters. The Bertz CT molecular complexity index is 743. The molecule has 1 aromatic rings. The van der Waals surface area contributed by atoms with Crippen LogP contribution in [0.3, 0.4) is 0 Å². The van der Waals surface area contributed by atoms with E-state index in [0.717, 1.165) is 0 Å². The highest BCUT2D eigenvalue weighted by molar-refractivity contribution is 6.39. The van der Waals surface area contributed by atoms with Gasteiger partial charge in [-0.1, -0.05) is 36.2 Å². The number of halogens is 2. The molecular weight excluding hydrogens is 383 g/mol. The number of esters is 2. The summed E-state index contributed by atoms with van der Waals surface area (Å²) < 4.78 is 10.3. The zero-order valence-corrected chi connectivity index (χ0v) is 15.7. The Morgan fingerprint density at radius 1 is 1.12 bits per heavy atom. The van der Waals surface area contributed by atoms with E-state index >= 15 is 0 Å². The molecule has 2 amide bonds. The fraction of sp³-hybridized carbons (Fsp3) is 0.353. The van der Waals surface area contributed by atoms with Gasteiger partial charge in [0.25, 0.3) is 0 Å². The highest BCUT2D eigenvalue weighted by Gasteiger charge is 2.32. The monoisotopic (exact) mass is 400 g/mol. The molecule has 26 heavy (non-hydrogen) atoms. The molecule has 2 rings (SSSR count). The van der Waals surface area contributed by atoms with Gasteiger partial charge in [0.05, 0.1) is 39.5 Å². The van der Waals surface area contributed by atoms with E-state index in [1.54, 1.807) is 13.0 Å². The molecule has 0 aliphatic carbocycles. The molecule has 9 heteroatoms. The highest BCUT2D eigenvalue weighted by Crippen LogP contribution is 2.25. The maximum Gasteiger partial charge on any atom is 0.341 e. The lowest BCUT2D eigenvalue weighted by Gasteiger charge is -2.28. The molecular formula is C17H18Cl2N2O5. The number of hydrogen-bond donors (Lipinski definition) is 2. The molecule has 0 saturated heterocycles. The van der Waals surface area contributed by atoms with Crippen molar-refractivity contribution < 1.29 is 23.9 Å². The van der Waals surface area contributed by atoms with Crippen LogP contribution in [0.2, 0.25) is 10.0 Å². The van der Waals surface area contributed by atoms with E-state index in [-0.39, 0.29) is 40.1 Å². The number of amides is 2. The van der Waals surface area contributed by atoms with Crippen LogP contribution in [0.25, 0.3) is 0 Å². The van der Waals surface area contributed by atoms with E-state index in [2.05, 4.69) is 10.6 Å². The van der Waals surface area contributed by atoms with Crippen LogP contribution in [-0.4, -0.2) is 37.2 Å². The Labute approximate surface area is 160 Å². The number of carbonyl (C=O) groups excluding carboxylic acids is 3. The number of rotatable bonds is 6. The zero-order chi connectivity index (χ0) is 19.3. The lowest BCUT2D eigenvalue weighted by Crippen LogP contribution is -2.51. The highest BCUT2D eigenvalue weighted by atomic mass is 35.5. The summed E-state index contributed by atoms with van der Waals surface area (Å²) in [5.41, 5.74) is 0.393. The van der Waals surface area contributed by atoms with Crippen molar-refractivity contribution in [1.29, 1.82) is 0 Å². The van der Waals surface area contributed by atoms with Crippen LogP contribution in [0.4, 0.5) is 4.79 Å². The van der Waals surface area contributed by atoms with Gasteiger partial charge in [-0.2, -0.15) is 0 Å². The third-order valence-corrected chi connectivity index (χ3v) is 4.29. The molecule has 1 heterocycles. The molecule has 2 N–H and O–H groups in total. The summed E-state index contributed by atoms with van der Waals surface area (Å²) in [4.78, 5) is 36.4. The van der Waals surface area contributed by atoms with Gasteiger partial charge in [0.2, 0.25) is 0 Å². The van der Waals surface area contributed by atoms with Gasteiger partial charge in [0.15, 0.2) is 0 Å². The van der Waals surface area contributed by atoms with Crippen LogP contribution in [-0.2, 0) is 14.3 Å². The zero-order valence-electron chi connectivity index (χ0n) is 14.2. The number of hydrogen-bond acceptors (Lipinski definition) is 5. The van der Waals surface area contributed by atoms with Crippen molar-refractivity contribution in [2.24, 2.45) is 0 Å². The summed E-state index contributed by atoms with van der Waals surface area (Å²) >= 11 is 12.0. The molecule has 140 valence electrons. The molecule has 0 unspecified atom stereocenters. The van der Waals surface area contributed by atoms with Gasteiger partial charge in [-0.25, -0.2) is 14.4 Å². The first kappa shape index (κ1) is 20.1. The average Bonchev–Trinajstić information content (AvgIpc) is 2.59. The Morgan fingerprint density at radius 3 is 2.35 bits per heavy atom. The van der Waals surface area contributed by atoms with E-state index in [1.807, 2.05) is 6.92 Å². The Kier molecular flexibility index (Phi) is 6.88. The summed E-state index contributed by atoms with van der Waals surface area (Å²) in [7, 11) is 0. The number of carbonyl (C=O) groups is 3. The first-order valence-electron chi connectivity index (χ1n) is 7.97. The number of urea groups is 1. The molecule has 0 radical (unpaired) electrons. The normalized spacial score (nSPS) is 16.6. The molecule has 0 spiro atoms. The lowest BCUT2D eigenvalue weighted by atomic mass is 10.0. The van der Waals surface area contributed by atoms with Crippen LogP contribution >= 0.6 is 23.2 Å². The molecule has 0 fully saturated rings. The molecule has 0 bridgehead atoms. The largest absolute Gasteiger partial charge is 0.463 e. The van der Waals surface area contributed by atoms with Crippen LogP contribution in [0.1, 0.15) is 30.6 Å². The fourth-order valence-corrected chi connectivity index (χ4v) is 3.03. The Balaban J connectivity index is 2.26. The van der Waals surface area contributed by atoms with E-state index in [0.29, 0.717) is 6.42 Å². The van der Waals surface area contributed by atoms with Gasteiger partial charge in [0.1, 0.15) is 6.61 Å². The predicted molar refractivity (Wildman–Crippen MR) is 96.1 cm³/mol. The minimum Gasteiger partial charge on any atom is -0.463 e. The van der Waals surface area contributed by atoms with Gasteiger partial charge in [0, 0.05) is 0 Å². The topological polar surface area (TPSA) is 93.7 Å². The molecule has 0 saturated carbocycles. The van der Waals surface area contributed by atoms with Gasteiger partial charge in [-0.05, 0) is 25.5 Å². The first-order chi connectivity index (χ1) is 12.4. The number of benzene rings is 1. The summed E-state index contributed by atoms with van der Waals surface area (Å²) in [6.07, 6.45) is 0.468. The smallest absolute Gasteiger partial charge is 0.341 e. The van der Waals surface area contributed by atoms with Crippen LogP contribution in [0, 0.1) is 0 Å². The minimum atomic E-state index is -0.767. The van der Waals surface area contributed by atoms with Crippen molar-refractivity contribution >= 4 is 41.2 Å². The Morgan fingerprint density at radius 2 is 1.77 bits per heavy atom. The summed E-state index contributed by atoms with van der Waals surface area (Å²) in [6.45, 7) is 3.32. The first-order valence-corrected chi connectivity index (χ1v) is 8.73. The van der Waals surface area contributed by atoms with E-state index < -0.39 is 24.0 Å². The average molecular weight is 401 g/mol. The Hall–Kier alpha value is -2.25. The van der Waals surface area contributed by atoms with Crippen molar-refractivity contribution in [3.8, 4) is 0 Å². The van der Waals surface area contributed by atoms with Crippen molar-refractivity contribution in [3.63, 3.8) is 0 Å². The van der Waals surface area contributed by atoms with E-state index in [1.165, 1.54) is 12.1 Å². The second-order valence-electron chi connectivity index (χ2n) is 5.34. The molecule has 0 aromatic heterocycles. The SMILES string of the molecule is CCOC(=O)C1=C(COC(=O)c2c(Cl)cccc2Cl)NC(=O)N[C@@H]1CC. The maximum atomic E-state index is 12.3. The molecule has 1 aromatic carbocycles. The van der Waals surface area contributed by atoms with Crippen molar-refractivity contribution in [2.75, 3.05) is 13.2 Å². The van der Waals surface area contributed by atoms with Gasteiger partial charge < -0.3 is 20.1 Å². The number of ether oxygens (including phenoxy) is 2. The van der Waals surface area contributed by atoms with Crippen molar-refractivity contribution in [3.05, 3.63) is 45.1 Å². The van der Waals surface area contributed by atoms with Crippen molar-refractivity contribution in [2.45, 2.75) is 26.3 Å². The summed E-state index contributed by atoms with van der Waals surface area (Å²) in [6, 6.07) is 3.58. The predicted octanol–water partition coefficient (Wildman–Crippen LogP) is 3.06. The minimum absolute atomic E-state index is 0.0152. The van der Waals surface area contributed by atoms with Crippen LogP contribution < -0.4 is 10.6 Å². The second-order valence-corrected chi connectivity index (χ2v) is 6.16. The summed E-state index contributed by atoms with van der Waals surface area (Å²) in [5.74, 6) is -1.36. The van der Waals surface area contributed by atoms with E-state index in [9.17, 15) is 14.4 Å². The van der Waals surface area contributed by atoms with Gasteiger partial charge >= 0.3 is 18.0 Å². The standard InChI is InChI=1S/C17H18Cl2N2O5/c1-3-11-14(16(23)25-4-2)12(21-17(24)20-11)8-26-15(22)13-9(18)6-5-7-10(13)19/h5-7,11H,3-4,8H2,1-2H3,(H2,20,21,24)/t11-/m1/s1. The third-order valence-electron chi connectivity index (χ3n) is 3.66. The van der Waals surface area contributed by atoms with Gasteiger partial charge in [-0.3, -0.25) is 0 Å². The van der Waals surface area contributed by atoms with Gasteiger partial charge in [-0.15, -0.1) is 0 Å².